The van der Waals surface area contributed by atoms with E-state index in [-0.39, 0.29) is 23.8 Å². The normalized spacial score (nSPS) is 18.4. The number of carboxylic acid groups (broad SMARTS) is 1. The first-order valence-electron chi connectivity index (χ1n) is 6.44. The SMILES string of the molecule is CC(CO)CSC(C)CC(C)(NC(C)C)C(=O)O. The van der Waals surface area contributed by atoms with E-state index >= 15 is 0 Å². The van der Waals surface area contributed by atoms with Crippen molar-refractivity contribution in [3.05, 3.63) is 0 Å². The highest BCUT2D eigenvalue weighted by molar-refractivity contribution is 7.99. The lowest BCUT2D eigenvalue weighted by atomic mass is 9.95. The molecule has 5 heteroatoms. The maximum atomic E-state index is 11.4. The molecular formula is C13H27NO3S. The Labute approximate surface area is 115 Å². The third-order valence-corrected chi connectivity index (χ3v) is 4.25. The van der Waals surface area contributed by atoms with Crippen molar-refractivity contribution in [2.45, 2.75) is 57.9 Å². The summed E-state index contributed by atoms with van der Waals surface area (Å²) in [6.07, 6.45) is 0.573. The molecule has 0 spiro atoms. The number of hydrogen-bond donors (Lipinski definition) is 3. The van der Waals surface area contributed by atoms with Crippen molar-refractivity contribution in [3.8, 4) is 0 Å². The summed E-state index contributed by atoms with van der Waals surface area (Å²) >= 11 is 1.72. The Bertz CT molecular complexity index is 261. The fraction of sp³-hybridized carbons (Fsp3) is 0.923. The number of hydrogen-bond acceptors (Lipinski definition) is 4. The lowest BCUT2D eigenvalue weighted by molar-refractivity contribution is -0.144. The van der Waals surface area contributed by atoms with Gasteiger partial charge in [-0.05, 0) is 38.9 Å². The van der Waals surface area contributed by atoms with Crippen molar-refractivity contribution in [2.24, 2.45) is 5.92 Å². The molecule has 0 radical (unpaired) electrons. The Kier molecular flexibility index (Phi) is 7.90. The van der Waals surface area contributed by atoms with E-state index in [4.69, 9.17) is 5.11 Å². The molecule has 3 atom stereocenters. The summed E-state index contributed by atoms with van der Waals surface area (Å²) < 4.78 is 0. The van der Waals surface area contributed by atoms with Crippen LogP contribution in [0.5, 0.6) is 0 Å². The van der Waals surface area contributed by atoms with Gasteiger partial charge in [-0.1, -0.05) is 13.8 Å². The minimum atomic E-state index is -0.886. The summed E-state index contributed by atoms with van der Waals surface area (Å²) in [5.41, 5.74) is -0.886. The highest BCUT2D eigenvalue weighted by Crippen LogP contribution is 2.24. The lowest BCUT2D eigenvalue weighted by Crippen LogP contribution is -2.53. The summed E-state index contributed by atoms with van der Waals surface area (Å²) in [5, 5.41) is 21.7. The topological polar surface area (TPSA) is 69.6 Å². The van der Waals surface area contributed by atoms with Gasteiger partial charge in [-0.2, -0.15) is 11.8 Å². The molecule has 0 aliphatic carbocycles. The van der Waals surface area contributed by atoms with Gasteiger partial charge in [0.1, 0.15) is 5.54 Å². The minimum absolute atomic E-state index is 0.139. The maximum absolute atomic E-state index is 11.4. The number of thioether (sulfide) groups is 1. The van der Waals surface area contributed by atoms with Crippen LogP contribution in [0.3, 0.4) is 0 Å². The smallest absolute Gasteiger partial charge is 0.323 e. The van der Waals surface area contributed by atoms with Crippen molar-refractivity contribution in [1.29, 1.82) is 0 Å². The molecule has 18 heavy (non-hydrogen) atoms. The number of aliphatic hydroxyl groups is 1. The van der Waals surface area contributed by atoms with Crippen LogP contribution < -0.4 is 5.32 Å². The second kappa shape index (κ2) is 8.02. The summed E-state index contributed by atoms with van der Waals surface area (Å²) in [5.74, 6) is 0.306. The highest BCUT2D eigenvalue weighted by Gasteiger charge is 2.35. The van der Waals surface area contributed by atoms with Gasteiger partial charge in [0.15, 0.2) is 0 Å². The highest BCUT2D eigenvalue weighted by atomic mass is 32.2. The molecule has 4 nitrogen and oxygen atoms in total. The third kappa shape index (κ3) is 6.61. The molecule has 0 saturated carbocycles. The molecule has 0 rings (SSSR count). The first-order valence-corrected chi connectivity index (χ1v) is 7.49. The van der Waals surface area contributed by atoms with Crippen LogP contribution in [0, 0.1) is 5.92 Å². The number of rotatable bonds is 9. The minimum Gasteiger partial charge on any atom is -0.480 e. The van der Waals surface area contributed by atoms with Gasteiger partial charge >= 0.3 is 5.97 Å². The Balaban J connectivity index is 4.36. The van der Waals surface area contributed by atoms with Crippen molar-refractivity contribution in [1.82, 2.24) is 5.32 Å². The summed E-state index contributed by atoms with van der Waals surface area (Å²) in [7, 11) is 0. The van der Waals surface area contributed by atoms with Crippen LogP contribution in [0.2, 0.25) is 0 Å². The first kappa shape index (κ1) is 17.7. The van der Waals surface area contributed by atoms with Crippen molar-refractivity contribution in [3.63, 3.8) is 0 Å². The Morgan fingerprint density at radius 2 is 1.89 bits per heavy atom. The van der Waals surface area contributed by atoms with Crippen molar-refractivity contribution >= 4 is 17.7 Å². The zero-order valence-electron chi connectivity index (χ0n) is 12.1. The molecule has 0 aromatic rings. The van der Waals surface area contributed by atoms with E-state index in [1.54, 1.807) is 18.7 Å². The average molecular weight is 277 g/mol. The van der Waals surface area contributed by atoms with E-state index in [2.05, 4.69) is 5.32 Å². The Hall–Kier alpha value is -0.260. The molecule has 0 amide bonds. The van der Waals surface area contributed by atoms with Crippen LogP contribution in [0.1, 0.15) is 41.0 Å². The van der Waals surface area contributed by atoms with E-state index in [1.165, 1.54) is 0 Å². The molecule has 0 aromatic carbocycles. The van der Waals surface area contributed by atoms with Gasteiger partial charge in [-0.15, -0.1) is 0 Å². The van der Waals surface area contributed by atoms with Crippen LogP contribution in [0.15, 0.2) is 0 Å². The number of aliphatic carboxylic acids is 1. The van der Waals surface area contributed by atoms with Gasteiger partial charge < -0.3 is 10.2 Å². The quantitative estimate of drug-likeness (QED) is 0.601. The molecule has 0 heterocycles. The monoisotopic (exact) mass is 277 g/mol. The standard InChI is InChI=1S/C13H27NO3S/c1-9(2)14-13(5,12(16)17)6-11(4)18-8-10(3)7-15/h9-11,14-15H,6-8H2,1-5H3,(H,16,17). The predicted octanol–water partition coefficient (Wildman–Crippen LogP) is 1.97. The molecule has 3 unspecified atom stereocenters. The molecule has 0 aromatic heterocycles. The molecule has 3 N–H and O–H groups in total. The van der Waals surface area contributed by atoms with Crippen LogP contribution >= 0.6 is 11.8 Å². The molecule has 0 aliphatic rings. The van der Waals surface area contributed by atoms with Crippen molar-refractivity contribution < 1.29 is 15.0 Å². The Morgan fingerprint density at radius 1 is 1.33 bits per heavy atom. The zero-order valence-corrected chi connectivity index (χ0v) is 12.9. The third-order valence-electron chi connectivity index (χ3n) is 2.75. The number of nitrogens with one attached hydrogen (secondary N) is 1. The molecule has 0 bridgehead atoms. The molecule has 108 valence electrons. The van der Waals surface area contributed by atoms with Gasteiger partial charge in [0.25, 0.3) is 0 Å². The molecule has 0 fully saturated rings. The van der Waals surface area contributed by atoms with Gasteiger partial charge in [0.05, 0.1) is 0 Å². The fourth-order valence-electron chi connectivity index (χ4n) is 1.86. The predicted molar refractivity (Wildman–Crippen MR) is 77.1 cm³/mol. The fourth-order valence-corrected chi connectivity index (χ4v) is 3.07. The van der Waals surface area contributed by atoms with Crippen LogP contribution in [0.25, 0.3) is 0 Å². The average Bonchev–Trinajstić information content (AvgIpc) is 2.24. The van der Waals surface area contributed by atoms with Crippen LogP contribution in [-0.4, -0.2) is 45.4 Å². The second-order valence-corrected chi connectivity index (χ2v) is 7.04. The number of carbonyl (C=O) groups is 1. The van der Waals surface area contributed by atoms with Gasteiger partial charge in [0, 0.05) is 17.9 Å². The van der Waals surface area contributed by atoms with E-state index in [0.29, 0.717) is 6.42 Å². The Morgan fingerprint density at radius 3 is 2.28 bits per heavy atom. The zero-order chi connectivity index (χ0) is 14.3. The van der Waals surface area contributed by atoms with Crippen molar-refractivity contribution in [2.75, 3.05) is 12.4 Å². The molecular weight excluding hydrogens is 250 g/mol. The van der Waals surface area contributed by atoms with Crippen LogP contribution in [-0.2, 0) is 4.79 Å². The molecule has 0 saturated heterocycles. The van der Waals surface area contributed by atoms with E-state index < -0.39 is 11.5 Å². The largest absolute Gasteiger partial charge is 0.480 e. The van der Waals surface area contributed by atoms with Gasteiger partial charge in [-0.25, -0.2) is 0 Å². The van der Waals surface area contributed by atoms with E-state index in [0.717, 1.165) is 5.75 Å². The van der Waals surface area contributed by atoms with E-state index in [9.17, 15) is 9.90 Å². The summed E-state index contributed by atoms with van der Waals surface area (Å²) in [6.45, 7) is 9.85. The maximum Gasteiger partial charge on any atom is 0.323 e. The number of carboxylic acids is 1. The summed E-state index contributed by atoms with van der Waals surface area (Å²) in [6, 6.07) is 0.139. The number of aliphatic hydroxyl groups excluding tert-OH is 1. The molecule has 0 aliphatic heterocycles. The van der Waals surface area contributed by atoms with E-state index in [1.807, 2.05) is 27.7 Å². The second-order valence-electron chi connectivity index (χ2n) is 5.57. The van der Waals surface area contributed by atoms with Gasteiger partial charge in [0.2, 0.25) is 0 Å². The lowest BCUT2D eigenvalue weighted by Gasteiger charge is -2.31. The van der Waals surface area contributed by atoms with Gasteiger partial charge in [-0.3, -0.25) is 10.1 Å². The summed E-state index contributed by atoms with van der Waals surface area (Å²) in [4.78, 5) is 11.4. The first-order chi connectivity index (χ1) is 8.21. The van der Waals surface area contributed by atoms with Crippen LogP contribution in [0.4, 0.5) is 0 Å².